The van der Waals surface area contributed by atoms with Crippen LogP contribution in [0.2, 0.25) is 0 Å². The maximum absolute atomic E-state index is 13.2. The van der Waals surface area contributed by atoms with Crippen LogP contribution in [-0.2, 0) is 14.3 Å². The maximum Gasteiger partial charge on any atom is 0.306 e. The molecule has 0 saturated heterocycles. The topological polar surface area (TPSA) is 95.9 Å². The molecular formula is C56H103NO5. The van der Waals surface area contributed by atoms with E-state index in [0.717, 1.165) is 89.9 Å². The monoisotopic (exact) mass is 870 g/mol. The lowest BCUT2D eigenvalue weighted by molar-refractivity contribution is -0.151. The normalized spacial score (nSPS) is 13.6. The smallest absolute Gasteiger partial charge is 0.306 e. The molecular weight excluding hydrogens is 767 g/mol. The standard InChI is InChI=1S/C56H103NO5/c1-4-7-10-13-16-19-22-24-26-28-30-33-35-38-41-44-47-52(62-56(61)49-46-43-40-37-34-31-29-27-25-23-20-17-14-11-8-5-2)50-55(60)57-53(51-58)54(59)48-45-42-39-36-32-21-18-15-12-9-6-3/h8,11,17,20,25,27,30,33,52-54,58-59H,4-7,9-10,12-16,18-19,21-24,26,28-29,31-32,34-51H2,1-3H3,(H,57,60)/b11-8+,20-17+,27-25+,33-30+. The van der Waals surface area contributed by atoms with E-state index >= 15 is 0 Å². The highest BCUT2D eigenvalue weighted by Crippen LogP contribution is 2.18. The Labute approximate surface area is 385 Å². The van der Waals surface area contributed by atoms with E-state index in [1.165, 1.54) is 135 Å². The Balaban J connectivity index is 4.61. The molecule has 6 heteroatoms. The van der Waals surface area contributed by atoms with Gasteiger partial charge in [-0.2, -0.15) is 0 Å². The third-order valence-electron chi connectivity index (χ3n) is 12.1. The zero-order valence-corrected chi connectivity index (χ0v) is 41.3. The summed E-state index contributed by atoms with van der Waals surface area (Å²) in [5.74, 6) is -0.497. The Morgan fingerprint density at radius 2 is 0.871 bits per heavy atom. The number of nitrogens with one attached hydrogen (secondary N) is 1. The third-order valence-corrected chi connectivity index (χ3v) is 12.1. The summed E-state index contributed by atoms with van der Waals surface area (Å²) >= 11 is 0. The number of rotatable bonds is 48. The van der Waals surface area contributed by atoms with Crippen LogP contribution in [0.25, 0.3) is 0 Å². The number of hydrogen-bond acceptors (Lipinski definition) is 5. The molecule has 0 aromatic carbocycles. The molecule has 3 atom stereocenters. The number of esters is 1. The van der Waals surface area contributed by atoms with E-state index in [1.54, 1.807) is 0 Å². The van der Waals surface area contributed by atoms with Crippen molar-refractivity contribution in [1.82, 2.24) is 5.32 Å². The Kier molecular flexibility index (Phi) is 48.1. The number of allylic oxidation sites excluding steroid dienone is 8. The first-order chi connectivity index (χ1) is 30.5. The first kappa shape index (κ1) is 59.8. The second-order valence-corrected chi connectivity index (χ2v) is 18.2. The molecule has 362 valence electrons. The zero-order valence-electron chi connectivity index (χ0n) is 41.3. The fraction of sp³-hybridized carbons (Fsp3) is 0.821. The number of unbranched alkanes of at least 4 members (excludes halogenated alkanes) is 28. The van der Waals surface area contributed by atoms with Gasteiger partial charge in [0.1, 0.15) is 6.10 Å². The molecule has 0 aromatic rings. The van der Waals surface area contributed by atoms with E-state index in [1.807, 2.05) is 0 Å². The summed E-state index contributed by atoms with van der Waals surface area (Å²) in [7, 11) is 0. The lowest BCUT2D eigenvalue weighted by Crippen LogP contribution is -2.46. The predicted octanol–water partition coefficient (Wildman–Crippen LogP) is 16.2. The fourth-order valence-electron chi connectivity index (χ4n) is 8.09. The van der Waals surface area contributed by atoms with E-state index in [4.69, 9.17) is 4.74 Å². The molecule has 0 heterocycles. The highest BCUT2D eigenvalue weighted by Gasteiger charge is 2.24. The molecule has 3 N–H and O–H groups in total. The molecule has 0 radical (unpaired) electrons. The number of carbonyl (C=O) groups excluding carboxylic acids is 2. The first-order valence-corrected chi connectivity index (χ1v) is 26.9. The summed E-state index contributed by atoms with van der Waals surface area (Å²) in [6, 6.07) is -0.708. The molecule has 3 unspecified atom stereocenters. The van der Waals surface area contributed by atoms with Crippen molar-refractivity contribution >= 4 is 11.9 Å². The van der Waals surface area contributed by atoms with Crippen LogP contribution >= 0.6 is 0 Å². The van der Waals surface area contributed by atoms with E-state index in [0.29, 0.717) is 19.3 Å². The number of ether oxygens (including phenoxy) is 1. The Hall–Kier alpha value is -2.18. The summed E-state index contributed by atoms with van der Waals surface area (Å²) in [4.78, 5) is 26.2. The number of aliphatic hydroxyl groups excluding tert-OH is 2. The Bertz CT molecular complexity index is 1070. The summed E-state index contributed by atoms with van der Waals surface area (Å²) in [6.45, 7) is 6.37. The number of carbonyl (C=O) groups is 2. The molecule has 0 rings (SSSR count). The molecule has 0 aliphatic rings. The summed E-state index contributed by atoms with van der Waals surface area (Å²) in [5.41, 5.74) is 0. The predicted molar refractivity (Wildman–Crippen MR) is 269 cm³/mol. The van der Waals surface area contributed by atoms with Crippen molar-refractivity contribution < 1.29 is 24.5 Å². The molecule has 0 aliphatic carbocycles. The minimum absolute atomic E-state index is 0.0626. The molecule has 6 nitrogen and oxygen atoms in total. The van der Waals surface area contributed by atoms with Gasteiger partial charge in [-0.05, 0) is 83.5 Å². The number of amides is 1. The van der Waals surface area contributed by atoms with Crippen LogP contribution in [0.5, 0.6) is 0 Å². The van der Waals surface area contributed by atoms with Gasteiger partial charge in [0.15, 0.2) is 0 Å². The maximum atomic E-state index is 13.2. The average Bonchev–Trinajstić information content (AvgIpc) is 3.26. The van der Waals surface area contributed by atoms with Crippen molar-refractivity contribution in [2.45, 2.75) is 289 Å². The van der Waals surface area contributed by atoms with Crippen LogP contribution in [0.1, 0.15) is 271 Å². The lowest BCUT2D eigenvalue weighted by atomic mass is 10.0. The molecule has 0 bridgehead atoms. The molecule has 1 amide bonds. The van der Waals surface area contributed by atoms with Gasteiger partial charge in [0.05, 0.1) is 25.2 Å². The van der Waals surface area contributed by atoms with Gasteiger partial charge in [-0.1, -0.05) is 223 Å². The SMILES string of the molecule is CC/C=C/C/C=C/C/C=C/CCCCCCCCC(=O)OC(CCCCC/C=C/CCCCCCCCCCC)CC(=O)NC(CO)C(O)CCCCCCCCCCCCC. The van der Waals surface area contributed by atoms with Gasteiger partial charge in [-0.15, -0.1) is 0 Å². The lowest BCUT2D eigenvalue weighted by Gasteiger charge is -2.24. The fourth-order valence-corrected chi connectivity index (χ4v) is 8.09. The number of hydrogen-bond donors (Lipinski definition) is 3. The van der Waals surface area contributed by atoms with E-state index < -0.39 is 18.2 Å². The second-order valence-electron chi connectivity index (χ2n) is 18.2. The molecule has 0 saturated carbocycles. The van der Waals surface area contributed by atoms with E-state index in [2.05, 4.69) is 74.7 Å². The highest BCUT2D eigenvalue weighted by atomic mass is 16.5. The Morgan fingerprint density at radius 3 is 1.35 bits per heavy atom. The molecule has 0 aliphatic heterocycles. The largest absolute Gasteiger partial charge is 0.462 e. The second kappa shape index (κ2) is 49.8. The molecule has 0 fully saturated rings. The highest BCUT2D eigenvalue weighted by molar-refractivity contribution is 5.77. The molecule has 0 spiro atoms. The summed E-state index contributed by atoms with van der Waals surface area (Å²) in [6.07, 6.45) is 60.3. The minimum Gasteiger partial charge on any atom is -0.462 e. The van der Waals surface area contributed by atoms with Crippen LogP contribution in [0.3, 0.4) is 0 Å². The van der Waals surface area contributed by atoms with Gasteiger partial charge < -0.3 is 20.3 Å². The minimum atomic E-state index is -0.793. The average molecular weight is 870 g/mol. The molecule has 62 heavy (non-hydrogen) atoms. The van der Waals surface area contributed by atoms with Gasteiger partial charge in [0.2, 0.25) is 5.91 Å². The summed E-state index contributed by atoms with van der Waals surface area (Å²) < 4.78 is 5.94. The third kappa shape index (κ3) is 44.4. The van der Waals surface area contributed by atoms with Gasteiger partial charge in [0, 0.05) is 6.42 Å². The van der Waals surface area contributed by atoms with Crippen molar-refractivity contribution in [1.29, 1.82) is 0 Å². The zero-order chi connectivity index (χ0) is 45.2. The number of aliphatic hydroxyl groups is 2. The van der Waals surface area contributed by atoms with Crippen molar-refractivity contribution in [2.24, 2.45) is 0 Å². The quantitative estimate of drug-likeness (QED) is 0.0322. The van der Waals surface area contributed by atoms with Crippen LogP contribution in [0.15, 0.2) is 48.6 Å². The first-order valence-electron chi connectivity index (χ1n) is 26.9. The van der Waals surface area contributed by atoms with E-state index in [-0.39, 0.29) is 24.9 Å². The van der Waals surface area contributed by atoms with Crippen LogP contribution in [0, 0.1) is 0 Å². The van der Waals surface area contributed by atoms with Crippen LogP contribution in [-0.4, -0.2) is 46.9 Å². The van der Waals surface area contributed by atoms with Crippen molar-refractivity contribution in [3.63, 3.8) is 0 Å². The van der Waals surface area contributed by atoms with Gasteiger partial charge >= 0.3 is 5.97 Å². The van der Waals surface area contributed by atoms with Gasteiger partial charge in [-0.25, -0.2) is 0 Å². The Morgan fingerprint density at radius 1 is 0.484 bits per heavy atom. The van der Waals surface area contributed by atoms with E-state index in [9.17, 15) is 19.8 Å². The van der Waals surface area contributed by atoms with Crippen molar-refractivity contribution in [3.05, 3.63) is 48.6 Å². The molecule has 0 aromatic heterocycles. The van der Waals surface area contributed by atoms with Crippen molar-refractivity contribution in [2.75, 3.05) is 6.61 Å². The summed E-state index contributed by atoms with van der Waals surface area (Å²) in [5, 5.41) is 23.8. The van der Waals surface area contributed by atoms with Gasteiger partial charge in [0.25, 0.3) is 0 Å². The van der Waals surface area contributed by atoms with Crippen LogP contribution in [0.4, 0.5) is 0 Å². The van der Waals surface area contributed by atoms with Gasteiger partial charge in [-0.3, -0.25) is 9.59 Å². The van der Waals surface area contributed by atoms with Crippen LogP contribution < -0.4 is 5.32 Å². The van der Waals surface area contributed by atoms with Crippen molar-refractivity contribution in [3.8, 4) is 0 Å².